The Labute approximate surface area is 173 Å². The summed E-state index contributed by atoms with van der Waals surface area (Å²) in [7, 11) is 3.02. The Morgan fingerprint density at radius 3 is 2.40 bits per heavy atom. The van der Waals surface area contributed by atoms with Crippen LogP contribution in [0, 0.1) is 0 Å². The van der Waals surface area contributed by atoms with Gasteiger partial charge in [-0.05, 0) is 55.0 Å². The van der Waals surface area contributed by atoms with E-state index in [0.717, 1.165) is 5.56 Å². The van der Waals surface area contributed by atoms with Crippen molar-refractivity contribution in [3.63, 3.8) is 0 Å². The summed E-state index contributed by atoms with van der Waals surface area (Å²) in [5.74, 6) is 0.451. The van der Waals surface area contributed by atoms with Crippen LogP contribution in [-0.2, 0) is 0 Å². The molecule has 0 aliphatic rings. The molecule has 3 rings (SSSR count). The van der Waals surface area contributed by atoms with E-state index in [0.29, 0.717) is 28.5 Å². The molecular weight excluding hydrogens is 386 g/mol. The third-order valence-corrected chi connectivity index (χ3v) is 4.25. The summed E-state index contributed by atoms with van der Waals surface area (Å²) >= 11 is 0. The highest BCUT2D eigenvalue weighted by atomic mass is 16.5. The van der Waals surface area contributed by atoms with E-state index in [2.05, 4.69) is 15.8 Å². The van der Waals surface area contributed by atoms with Gasteiger partial charge < -0.3 is 19.2 Å². The molecule has 154 valence electrons. The fraction of sp³-hybridized carbons (Fsp3) is 0.136. The molecule has 30 heavy (non-hydrogen) atoms. The Morgan fingerprint density at radius 2 is 1.70 bits per heavy atom. The second-order valence-electron chi connectivity index (χ2n) is 6.22. The number of benzene rings is 2. The maximum Gasteiger partial charge on any atom is 0.291 e. The van der Waals surface area contributed by atoms with E-state index in [4.69, 9.17) is 13.9 Å². The van der Waals surface area contributed by atoms with Crippen molar-refractivity contribution >= 4 is 23.2 Å². The number of hydrogen-bond acceptors (Lipinski definition) is 6. The van der Waals surface area contributed by atoms with Crippen LogP contribution in [-0.4, -0.2) is 31.7 Å². The minimum atomic E-state index is -0.391. The molecule has 2 N–H and O–H groups in total. The van der Waals surface area contributed by atoms with Crippen LogP contribution in [0.25, 0.3) is 0 Å². The number of hydrogen-bond donors (Lipinski definition) is 2. The van der Waals surface area contributed by atoms with Crippen molar-refractivity contribution in [3.05, 3.63) is 77.7 Å². The van der Waals surface area contributed by atoms with Gasteiger partial charge in [0.05, 0.1) is 26.2 Å². The van der Waals surface area contributed by atoms with E-state index in [-0.39, 0.29) is 11.7 Å². The van der Waals surface area contributed by atoms with E-state index in [1.165, 1.54) is 20.5 Å². The number of carbonyl (C=O) groups is 2. The Hall–Kier alpha value is -4.07. The van der Waals surface area contributed by atoms with E-state index in [9.17, 15) is 9.59 Å². The maximum atomic E-state index is 12.4. The van der Waals surface area contributed by atoms with Gasteiger partial charge in [0.15, 0.2) is 17.3 Å². The molecule has 2 aromatic carbocycles. The van der Waals surface area contributed by atoms with Crippen molar-refractivity contribution in [2.45, 2.75) is 6.92 Å². The fourth-order valence-corrected chi connectivity index (χ4v) is 2.66. The van der Waals surface area contributed by atoms with Crippen LogP contribution < -0.4 is 20.2 Å². The van der Waals surface area contributed by atoms with E-state index >= 15 is 0 Å². The zero-order valence-corrected chi connectivity index (χ0v) is 16.8. The van der Waals surface area contributed by atoms with Crippen molar-refractivity contribution in [2.75, 3.05) is 19.5 Å². The molecular formula is C22H21N3O5. The monoisotopic (exact) mass is 407 g/mol. The predicted octanol–water partition coefficient (Wildman–Crippen LogP) is 3.70. The zero-order chi connectivity index (χ0) is 21.5. The molecule has 0 saturated carbocycles. The van der Waals surface area contributed by atoms with Crippen LogP contribution in [0.1, 0.15) is 33.4 Å². The number of hydrazone groups is 1. The summed E-state index contributed by atoms with van der Waals surface area (Å²) in [6, 6.07) is 15.2. The summed E-state index contributed by atoms with van der Waals surface area (Å²) in [5.41, 5.74) is 4.78. The topological polar surface area (TPSA) is 102 Å². The lowest BCUT2D eigenvalue weighted by Gasteiger charge is -2.09. The van der Waals surface area contributed by atoms with E-state index in [1.807, 2.05) is 6.07 Å². The number of methoxy groups -OCH3 is 2. The number of carbonyl (C=O) groups excluding carboxylic acids is 2. The van der Waals surface area contributed by atoms with Gasteiger partial charge in [0.2, 0.25) is 0 Å². The van der Waals surface area contributed by atoms with Crippen LogP contribution in [0.2, 0.25) is 0 Å². The molecule has 8 heteroatoms. The predicted molar refractivity (Wildman–Crippen MR) is 112 cm³/mol. The summed E-state index contributed by atoms with van der Waals surface area (Å²) in [6.45, 7) is 1.75. The smallest absolute Gasteiger partial charge is 0.291 e. The van der Waals surface area contributed by atoms with Crippen LogP contribution in [0.15, 0.2) is 70.4 Å². The molecule has 1 heterocycles. The Kier molecular flexibility index (Phi) is 6.49. The number of rotatable bonds is 7. The van der Waals surface area contributed by atoms with Crippen molar-refractivity contribution in [2.24, 2.45) is 5.10 Å². The normalized spacial score (nSPS) is 11.0. The first-order valence-corrected chi connectivity index (χ1v) is 9.03. The first-order valence-electron chi connectivity index (χ1n) is 9.03. The molecule has 0 saturated heterocycles. The maximum absolute atomic E-state index is 12.4. The second kappa shape index (κ2) is 9.42. The molecule has 2 amide bonds. The molecule has 0 aliphatic heterocycles. The lowest BCUT2D eigenvalue weighted by Crippen LogP contribution is -2.19. The highest BCUT2D eigenvalue weighted by molar-refractivity contribution is 6.04. The fourth-order valence-electron chi connectivity index (χ4n) is 2.66. The highest BCUT2D eigenvalue weighted by Gasteiger charge is 2.11. The summed E-state index contributed by atoms with van der Waals surface area (Å²) < 4.78 is 15.5. The number of furan rings is 1. The second-order valence-corrected chi connectivity index (χ2v) is 6.22. The molecule has 1 aromatic heterocycles. The van der Waals surface area contributed by atoms with Gasteiger partial charge in [-0.1, -0.05) is 12.1 Å². The summed E-state index contributed by atoms with van der Waals surface area (Å²) in [6.07, 6.45) is 1.43. The molecule has 3 aromatic rings. The van der Waals surface area contributed by atoms with Gasteiger partial charge in [0, 0.05) is 11.3 Å². The van der Waals surface area contributed by atoms with Gasteiger partial charge in [0.25, 0.3) is 11.8 Å². The van der Waals surface area contributed by atoms with Crippen molar-refractivity contribution in [1.29, 1.82) is 0 Å². The van der Waals surface area contributed by atoms with Crippen molar-refractivity contribution < 1.29 is 23.5 Å². The molecule has 0 aliphatic carbocycles. The standard InChI is InChI=1S/C22H21N3O5/c1-14(24-25-21(26)16-9-10-18(28-2)20(13-16)29-3)15-6-4-7-17(12-15)23-22(27)19-8-5-11-30-19/h4-13H,1-3H3,(H,23,27)(H,25,26). The molecule has 0 spiro atoms. The van der Waals surface area contributed by atoms with Gasteiger partial charge in [-0.15, -0.1) is 0 Å². The molecule has 8 nitrogen and oxygen atoms in total. The quantitative estimate of drug-likeness (QED) is 0.459. The molecule has 0 radical (unpaired) electrons. The molecule has 0 unspecified atom stereocenters. The lowest BCUT2D eigenvalue weighted by atomic mass is 10.1. The van der Waals surface area contributed by atoms with Crippen LogP contribution >= 0.6 is 0 Å². The molecule has 0 atom stereocenters. The van der Waals surface area contributed by atoms with Crippen molar-refractivity contribution in [3.8, 4) is 11.5 Å². The third-order valence-electron chi connectivity index (χ3n) is 4.25. The van der Waals surface area contributed by atoms with Crippen LogP contribution in [0.3, 0.4) is 0 Å². The zero-order valence-electron chi connectivity index (χ0n) is 16.8. The number of anilines is 1. The average Bonchev–Trinajstić information content (AvgIpc) is 3.32. The van der Waals surface area contributed by atoms with Crippen LogP contribution in [0.4, 0.5) is 5.69 Å². The Bertz CT molecular complexity index is 1070. The van der Waals surface area contributed by atoms with Gasteiger partial charge in [-0.25, -0.2) is 5.43 Å². The van der Waals surface area contributed by atoms with Crippen molar-refractivity contribution in [1.82, 2.24) is 5.43 Å². The number of nitrogens with one attached hydrogen (secondary N) is 2. The van der Waals surface area contributed by atoms with E-state index < -0.39 is 5.91 Å². The minimum absolute atomic E-state index is 0.216. The van der Waals surface area contributed by atoms with E-state index in [1.54, 1.807) is 55.5 Å². The first-order chi connectivity index (χ1) is 14.5. The average molecular weight is 407 g/mol. The van der Waals surface area contributed by atoms with Gasteiger partial charge in [-0.2, -0.15) is 5.10 Å². The molecule has 0 fully saturated rings. The first kappa shape index (κ1) is 20.7. The number of nitrogens with zero attached hydrogens (tertiary/aromatic N) is 1. The highest BCUT2D eigenvalue weighted by Crippen LogP contribution is 2.27. The minimum Gasteiger partial charge on any atom is -0.493 e. The largest absolute Gasteiger partial charge is 0.493 e. The van der Waals surface area contributed by atoms with Gasteiger partial charge in [0.1, 0.15) is 0 Å². The SMILES string of the molecule is COc1ccc(C(=O)NN=C(C)c2cccc(NC(=O)c3ccco3)c2)cc1OC. The lowest BCUT2D eigenvalue weighted by molar-refractivity contribution is 0.0953. The number of ether oxygens (including phenoxy) is 2. The number of amides is 2. The third kappa shape index (κ3) is 4.85. The van der Waals surface area contributed by atoms with Gasteiger partial charge in [-0.3, -0.25) is 9.59 Å². The molecule has 0 bridgehead atoms. The van der Waals surface area contributed by atoms with Crippen LogP contribution in [0.5, 0.6) is 11.5 Å². The van der Waals surface area contributed by atoms with Gasteiger partial charge >= 0.3 is 0 Å². The Morgan fingerprint density at radius 1 is 0.900 bits per heavy atom. The Balaban J connectivity index is 1.69. The summed E-state index contributed by atoms with van der Waals surface area (Å²) in [5, 5.41) is 6.91. The summed E-state index contributed by atoms with van der Waals surface area (Å²) in [4.78, 5) is 24.5.